The van der Waals surface area contributed by atoms with Crippen LogP contribution in [0.1, 0.15) is 0 Å². The highest BCUT2D eigenvalue weighted by Gasteiger charge is 2.10. The molecule has 1 heterocycles. The minimum absolute atomic E-state index is 0.110. The Morgan fingerprint density at radius 3 is 2.60 bits per heavy atom. The monoisotopic (exact) mass is 338 g/mol. The second-order valence-corrected chi connectivity index (χ2v) is 5.49. The van der Waals surface area contributed by atoms with Crippen molar-refractivity contribution in [2.24, 2.45) is 7.05 Å². The van der Waals surface area contributed by atoms with E-state index in [2.05, 4.69) is 5.32 Å². The van der Waals surface area contributed by atoms with Gasteiger partial charge in [-0.2, -0.15) is 0 Å². The quantitative estimate of drug-likeness (QED) is 0.776. The number of pyridine rings is 1. The second kappa shape index (κ2) is 7.09. The Kier molecular flexibility index (Phi) is 4.70. The van der Waals surface area contributed by atoms with E-state index in [4.69, 9.17) is 9.47 Å². The maximum absolute atomic E-state index is 12.2. The molecule has 1 N–H and O–H groups in total. The van der Waals surface area contributed by atoms with Crippen LogP contribution in [-0.2, 0) is 11.8 Å². The molecule has 0 saturated carbocycles. The molecular weight excluding hydrogens is 320 g/mol. The number of para-hydroxylation sites is 2. The predicted octanol–water partition coefficient (Wildman–Crippen LogP) is 2.56. The number of carbonyl (C=O) groups is 1. The molecule has 0 atom stereocenters. The van der Waals surface area contributed by atoms with E-state index < -0.39 is 0 Å². The third-order valence-electron chi connectivity index (χ3n) is 3.82. The predicted molar refractivity (Wildman–Crippen MR) is 96.3 cm³/mol. The number of rotatable bonds is 5. The van der Waals surface area contributed by atoms with Crippen LogP contribution in [0.25, 0.3) is 10.8 Å². The molecular formula is C19H18N2O4. The van der Waals surface area contributed by atoms with Gasteiger partial charge in [-0.05, 0) is 30.3 Å². The maximum atomic E-state index is 12.2. The molecule has 3 aromatic rings. The van der Waals surface area contributed by atoms with Gasteiger partial charge in [0.2, 0.25) is 0 Å². The van der Waals surface area contributed by atoms with E-state index in [-0.39, 0.29) is 18.1 Å². The number of nitrogens with zero attached hydrogens (tertiary/aromatic N) is 1. The van der Waals surface area contributed by atoms with Crippen LogP contribution in [0, 0.1) is 0 Å². The van der Waals surface area contributed by atoms with E-state index in [1.807, 2.05) is 6.07 Å². The van der Waals surface area contributed by atoms with E-state index in [1.165, 1.54) is 11.7 Å². The van der Waals surface area contributed by atoms with Gasteiger partial charge < -0.3 is 19.4 Å². The third kappa shape index (κ3) is 3.47. The minimum Gasteiger partial charge on any atom is -0.495 e. The lowest BCUT2D eigenvalue weighted by molar-refractivity contribution is -0.118. The largest absolute Gasteiger partial charge is 0.495 e. The first-order valence-electron chi connectivity index (χ1n) is 7.74. The number of methoxy groups -OCH3 is 1. The highest BCUT2D eigenvalue weighted by molar-refractivity contribution is 5.94. The number of hydrogen-bond acceptors (Lipinski definition) is 4. The van der Waals surface area contributed by atoms with Gasteiger partial charge in [0.25, 0.3) is 11.5 Å². The van der Waals surface area contributed by atoms with E-state index in [0.29, 0.717) is 28.0 Å². The fraction of sp³-hybridized carbons (Fsp3) is 0.158. The molecule has 6 heteroatoms. The van der Waals surface area contributed by atoms with Crippen molar-refractivity contribution >= 4 is 22.4 Å². The Bertz CT molecular complexity index is 979. The SMILES string of the molecule is COc1ccccc1NC(=O)COc1cccc2c(=O)n(C)ccc12. The first-order valence-corrected chi connectivity index (χ1v) is 7.74. The van der Waals surface area contributed by atoms with Crippen molar-refractivity contribution in [2.75, 3.05) is 19.0 Å². The molecule has 0 fully saturated rings. The lowest BCUT2D eigenvalue weighted by Gasteiger charge is -2.12. The van der Waals surface area contributed by atoms with Gasteiger partial charge in [0.1, 0.15) is 11.5 Å². The van der Waals surface area contributed by atoms with E-state index in [0.717, 1.165) is 0 Å². The Balaban J connectivity index is 1.76. The summed E-state index contributed by atoms with van der Waals surface area (Å²) in [6.07, 6.45) is 1.67. The highest BCUT2D eigenvalue weighted by Crippen LogP contribution is 2.24. The van der Waals surface area contributed by atoms with Crippen molar-refractivity contribution in [3.05, 3.63) is 65.1 Å². The summed E-state index contributed by atoms with van der Waals surface area (Å²) in [7, 11) is 3.23. The van der Waals surface area contributed by atoms with Crippen LogP contribution in [-0.4, -0.2) is 24.2 Å². The minimum atomic E-state index is -0.315. The molecule has 0 saturated heterocycles. The van der Waals surface area contributed by atoms with Gasteiger partial charge in [0.05, 0.1) is 18.2 Å². The Labute approximate surface area is 144 Å². The number of aromatic nitrogens is 1. The van der Waals surface area contributed by atoms with Gasteiger partial charge >= 0.3 is 0 Å². The summed E-state index contributed by atoms with van der Waals surface area (Å²) in [4.78, 5) is 24.3. The fourth-order valence-electron chi connectivity index (χ4n) is 2.55. The van der Waals surface area contributed by atoms with Gasteiger partial charge in [-0.1, -0.05) is 18.2 Å². The van der Waals surface area contributed by atoms with E-state index in [1.54, 1.807) is 55.7 Å². The van der Waals surface area contributed by atoms with Gasteiger partial charge in [-0.25, -0.2) is 0 Å². The zero-order chi connectivity index (χ0) is 17.8. The van der Waals surface area contributed by atoms with Crippen molar-refractivity contribution in [3.63, 3.8) is 0 Å². The molecule has 3 rings (SSSR count). The Morgan fingerprint density at radius 1 is 1.04 bits per heavy atom. The molecule has 0 unspecified atom stereocenters. The number of carbonyl (C=O) groups excluding carboxylic acids is 1. The van der Waals surface area contributed by atoms with Gasteiger partial charge in [-0.15, -0.1) is 0 Å². The number of hydrogen-bond donors (Lipinski definition) is 1. The van der Waals surface area contributed by atoms with Crippen LogP contribution in [0.2, 0.25) is 0 Å². The van der Waals surface area contributed by atoms with Crippen molar-refractivity contribution in [3.8, 4) is 11.5 Å². The molecule has 0 bridgehead atoms. The van der Waals surface area contributed by atoms with Crippen LogP contribution in [0.15, 0.2) is 59.5 Å². The zero-order valence-electron chi connectivity index (χ0n) is 14.0. The molecule has 0 spiro atoms. The number of aryl methyl sites for hydroxylation is 1. The highest BCUT2D eigenvalue weighted by atomic mass is 16.5. The normalized spacial score (nSPS) is 10.5. The summed E-state index contributed by atoms with van der Waals surface area (Å²) in [5, 5.41) is 3.97. The molecule has 128 valence electrons. The maximum Gasteiger partial charge on any atom is 0.262 e. The molecule has 1 aromatic heterocycles. The lowest BCUT2D eigenvalue weighted by Crippen LogP contribution is -2.21. The number of amides is 1. The molecule has 1 amide bonds. The van der Waals surface area contributed by atoms with Gasteiger partial charge in [0.15, 0.2) is 6.61 Å². The Morgan fingerprint density at radius 2 is 1.80 bits per heavy atom. The van der Waals surface area contributed by atoms with Gasteiger partial charge in [0, 0.05) is 18.6 Å². The summed E-state index contributed by atoms with van der Waals surface area (Å²) in [6.45, 7) is -0.174. The van der Waals surface area contributed by atoms with Crippen LogP contribution < -0.4 is 20.3 Å². The molecule has 0 aliphatic carbocycles. The number of ether oxygens (including phenoxy) is 2. The van der Waals surface area contributed by atoms with Crippen molar-refractivity contribution in [2.45, 2.75) is 0 Å². The molecule has 2 aromatic carbocycles. The first kappa shape index (κ1) is 16.6. The third-order valence-corrected chi connectivity index (χ3v) is 3.82. The number of nitrogens with one attached hydrogen (secondary N) is 1. The summed E-state index contributed by atoms with van der Waals surface area (Å²) in [5.41, 5.74) is 0.465. The van der Waals surface area contributed by atoms with Crippen molar-refractivity contribution in [1.29, 1.82) is 0 Å². The summed E-state index contributed by atoms with van der Waals surface area (Å²) in [6, 6.07) is 14.1. The van der Waals surface area contributed by atoms with Crippen LogP contribution >= 0.6 is 0 Å². The number of anilines is 1. The Hall–Kier alpha value is -3.28. The lowest BCUT2D eigenvalue weighted by atomic mass is 10.1. The number of benzene rings is 2. The summed E-state index contributed by atoms with van der Waals surface area (Å²) in [5.74, 6) is 0.750. The fourth-order valence-corrected chi connectivity index (χ4v) is 2.55. The average molecular weight is 338 g/mol. The molecule has 6 nitrogen and oxygen atoms in total. The standard InChI is InChI=1S/C19H18N2O4/c1-21-11-10-13-14(19(21)23)6-5-9-16(13)25-12-18(22)20-15-7-3-4-8-17(15)24-2/h3-11H,12H2,1-2H3,(H,20,22). The molecule has 25 heavy (non-hydrogen) atoms. The number of fused-ring (bicyclic) bond motifs is 1. The zero-order valence-corrected chi connectivity index (χ0v) is 14.0. The smallest absolute Gasteiger partial charge is 0.262 e. The van der Waals surface area contributed by atoms with Crippen molar-refractivity contribution in [1.82, 2.24) is 4.57 Å². The van der Waals surface area contributed by atoms with Gasteiger partial charge in [-0.3, -0.25) is 9.59 Å². The molecule has 0 aliphatic rings. The van der Waals surface area contributed by atoms with E-state index in [9.17, 15) is 9.59 Å². The summed E-state index contributed by atoms with van der Waals surface area (Å²) >= 11 is 0. The van der Waals surface area contributed by atoms with Crippen LogP contribution in [0.3, 0.4) is 0 Å². The molecule has 0 radical (unpaired) electrons. The van der Waals surface area contributed by atoms with Crippen LogP contribution in [0.5, 0.6) is 11.5 Å². The topological polar surface area (TPSA) is 69.6 Å². The van der Waals surface area contributed by atoms with Crippen molar-refractivity contribution < 1.29 is 14.3 Å². The van der Waals surface area contributed by atoms with E-state index >= 15 is 0 Å². The summed E-state index contributed by atoms with van der Waals surface area (Å²) < 4.78 is 12.3. The first-order chi connectivity index (χ1) is 12.1. The average Bonchev–Trinajstić information content (AvgIpc) is 2.63. The second-order valence-electron chi connectivity index (χ2n) is 5.49. The van der Waals surface area contributed by atoms with Crippen LogP contribution in [0.4, 0.5) is 5.69 Å². The molecule has 0 aliphatic heterocycles.